The summed E-state index contributed by atoms with van der Waals surface area (Å²) in [6.07, 6.45) is 10.8. The van der Waals surface area contributed by atoms with Gasteiger partial charge in [-0.15, -0.1) is 0 Å². The van der Waals surface area contributed by atoms with E-state index >= 15 is 0 Å². The van der Waals surface area contributed by atoms with Crippen LogP contribution in [0.25, 0.3) is 0 Å². The lowest BCUT2D eigenvalue weighted by atomic mass is 9.79. The second-order valence-electron chi connectivity index (χ2n) is 7.36. The molecule has 2 fully saturated rings. The van der Waals surface area contributed by atoms with Crippen LogP contribution >= 0.6 is 0 Å². The van der Waals surface area contributed by atoms with Gasteiger partial charge in [0.2, 0.25) is 0 Å². The second kappa shape index (κ2) is 7.08. The minimum atomic E-state index is 0.138. The van der Waals surface area contributed by atoms with Crippen molar-refractivity contribution in [2.75, 3.05) is 13.2 Å². The highest BCUT2D eigenvalue weighted by molar-refractivity contribution is 4.89. The number of hydrogen-bond donors (Lipinski definition) is 1. The van der Waals surface area contributed by atoms with Gasteiger partial charge >= 0.3 is 0 Å². The minimum Gasteiger partial charge on any atom is -0.373 e. The first-order chi connectivity index (χ1) is 9.10. The number of nitrogens with one attached hydrogen (secondary N) is 1. The van der Waals surface area contributed by atoms with E-state index in [1.54, 1.807) is 0 Å². The van der Waals surface area contributed by atoms with Crippen molar-refractivity contribution in [3.63, 3.8) is 0 Å². The smallest absolute Gasteiger partial charge is 0.0806 e. The molecule has 2 aliphatic rings. The molecule has 2 nitrogen and oxygen atoms in total. The molecule has 0 heterocycles. The third-order valence-electron chi connectivity index (χ3n) is 5.12. The van der Waals surface area contributed by atoms with Gasteiger partial charge in [0.15, 0.2) is 0 Å². The van der Waals surface area contributed by atoms with Crippen LogP contribution in [0.3, 0.4) is 0 Å². The number of rotatable bonds is 6. The average Bonchev–Trinajstić information content (AvgIpc) is 2.90. The Balaban J connectivity index is 1.85. The number of ether oxygens (including phenoxy) is 1. The lowest BCUT2D eigenvalue weighted by molar-refractivity contribution is -0.0878. The van der Waals surface area contributed by atoms with Gasteiger partial charge in [-0.2, -0.15) is 0 Å². The van der Waals surface area contributed by atoms with Gasteiger partial charge in [-0.3, -0.25) is 0 Å². The van der Waals surface area contributed by atoms with Gasteiger partial charge in [0.25, 0.3) is 0 Å². The average molecular weight is 267 g/mol. The zero-order valence-corrected chi connectivity index (χ0v) is 13.2. The molecule has 2 heteroatoms. The molecule has 0 spiro atoms. The Bertz CT molecular complexity index is 250. The fourth-order valence-electron chi connectivity index (χ4n) is 3.52. The van der Waals surface area contributed by atoms with Crippen molar-refractivity contribution in [3.8, 4) is 0 Å². The van der Waals surface area contributed by atoms with Crippen LogP contribution in [0.4, 0.5) is 0 Å². The molecular weight excluding hydrogens is 234 g/mol. The van der Waals surface area contributed by atoms with E-state index in [0.717, 1.165) is 25.0 Å². The topological polar surface area (TPSA) is 21.3 Å². The first kappa shape index (κ1) is 15.3. The Hall–Kier alpha value is -0.0800. The maximum Gasteiger partial charge on any atom is 0.0806 e. The SMILES string of the molecule is CC1CCC(CNC(C)C)(OCC2CCCC2)CC1. The highest BCUT2D eigenvalue weighted by atomic mass is 16.5. The van der Waals surface area contributed by atoms with Crippen LogP contribution in [-0.2, 0) is 4.74 Å². The van der Waals surface area contributed by atoms with Crippen LogP contribution in [0.2, 0.25) is 0 Å². The molecule has 0 radical (unpaired) electrons. The molecule has 1 N–H and O–H groups in total. The molecule has 2 saturated carbocycles. The summed E-state index contributed by atoms with van der Waals surface area (Å²) in [5, 5.41) is 3.62. The summed E-state index contributed by atoms with van der Waals surface area (Å²) in [5.41, 5.74) is 0.138. The molecule has 112 valence electrons. The summed E-state index contributed by atoms with van der Waals surface area (Å²) in [7, 11) is 0. The first-order valence-corrected chi connectivity index (χ1v) is 8.47. The molecule has 19 heavy (non-hydrogen) atoms. The molecule has 0 aromatic rings. The monoisotopic (exact) mass is 267 g/mol. The summed E-state index contributed by atoms with van der Waals surface area (Å²) in [6.45, 7) is 8.90. The van der Waals surface area contributed by atoms with E-state index in [4.69, 9.17) is 4.74 Å². The Morgan fingerprint density at radius 3 is 2.32 bits per heavy atom. The van der Waals surface area contributed by atoms with Crippen molar-refractivity contribution in [2.45, 2.75) is 83.8 Å². The molecule has 0 aliphatic heterocycles. The van der Waals surface area contributed by atoms with Crippen molar-refractivity contribution >= 4 is 0 Å². The summed E-state index contributed by atoms with van der Waals surface area (Å²) in [5.74, 6) is 1.73. The largest absolute Gasteiger partial charge is 0.373 e. The quantitative estimate of drug-likeness (QED) is 0.781. The molecule has 0 amide bonds. The summed E-state index contributed by atoms with van der Waals surface area (Å²) >= 11 is 0. The third kappa shape index (κ3) is 4.75. The maximum atomic E-state index is 6.49. The minimum absolute atomic E-state index is 0.138. The van der Waals surface area contributed by atoms with E-state index in [9.17, 15) is 0 Å². The van der Waals surface area contributed by atoms with Crippen molar-refractivity contribution in [1.82, 2.24) is 5.32 Å². The standard InChI is InChI=1S/C17H33NO/c1-14(2)18-13-17(10-8-15(3)9-11-17)19-12-16-6-4-5-7-16/h14-16,18H,4-13H2,1-3H3. The normalized spacial score (nSPS) is 33.2. The highest BCUT2D eigenvalue weighted by Crippen LogP contribution is 2.36. The Morgan fingerprint density at radius 2 is 1.74 bits per heavy atom. The second-order valence-corrected chi connectivity index (χ2v) is 7.36. The molecule has 2 aliphatic carbocycles. The maximum absolute atomic E-state index is 6.49. The lowest BCUT2D eigenvalue weighted by Gasteiger charge is -2.40. The van der Waals surface area contributed by atoms with Crippen molar-refractivity contribution in [3.05, 3.63) is 0 Å². The van der Waals surface area contributed by atoms with Crippen LogP contribution < -0.4 is 5.32 Å². The Labute approximate surface area is 119 Å². The van der Waals surface area contributed by atoms with Crippen molar-refractivity contribution in [1.29, 1.82) is 0 Å². The lowest BCUT2D eigenvalue weighted by Crippen LogP contribution is -2.48. The molecule has 0 aromatic heterocycles. The van der Waals surface area contributed by atoms with E-state index in [1.807, 2.05) is 0 Å². The van der Waals surface area contributed by atoms with Crippen LogP contribution in [0.5, 0.6) is 0 Å². The molecule has 2 rings (SSSR count). The molecule has 0 atom stereocenters. The Morgan fingerprint density at radius 1 is 1.11 bits per heavy atom. The molecular formula is C17H33NO. The molecule has 0 bridgehead atoms. The van der Waals surface area contributed by atoms with Gasteiger partial charge in [0, 0.05) is 12.6 Å². The zero-order valence-electron chi connectivity index (χ0n) is 13.2. The van der Waals surface area contributed by atoms with Gasteiger partial charge in [-0.05, 0) is 50.4 Å². The van der Waals surface area contributed by atoms with E-state index in [2.05, 4.69) is 26.1 Å². The highest BCUT2D eigenvalue weighted by Gasteiger charge is 2.35. The van der Waals surface area contributed by atoms with Gasteiger partial charge in [0.05, 0.1) is 12.2 Å². The van der Waals surface area contributed by atoms with E-state index in [1.165, 1.54) is 51.4 Å². The van der Waals surface area contributed by atoms with Crippen LogP contribution in [-0.4, -0.2) is 24.8 Å². The van der Waals surface area contributed by atoms with Crippen LogP contribution in [0.15, 0.2) is 0 Å². The van der Waals surface area contributed by atoms with Gasteiger partial charge in [-0.25, -0.2) is 0 Å². The number of hydrogen-bond acceptors (Lipinski definition) is 2. The first-order valence-electron chi connectivity index (χ1n) is 8.47. The van der Waals surface area contributed by atoms with Crippen molar-refractivity contribution < 1.29 is 4.74 Å². The molecule has 0 unspecified atom stereocenters. The van der Waals surface area contributed by atoms with E-state index in [0.29, 0.717) is 6.04 Å². The predicted molar refractivity (Wildman–Crippen MR) is 81.4 cm³/mol. The fourth-order valence-corrected chi connectivity index (χ4v) is 3.52. The van der Waals surface area contributed by atoms with E-state index < -0.39 is 0 Å². The fraction of sp³-hybridized carbons (Fsp3) is 1.00. The van der Waals surface area contributed by atoms with E-state index in [-0.39, 0.29) is 5.60 Å². The molecule has 0 aromatic carbocycles. The van der Waals surface area contributed by atoms with Crippen molar-refractivity contribution in [2.24, 2.45) is 11.8 Å². The predicted octanol–water partition coefficient (Wildman–Crippen LogP) is 4.14. The zero-order chi connectivity index (χ0) is 13.7. The summed E-state index contributed by atoms with van der Waals surface area (Å²) < 4.78 is 6.49. The van der Waals surface area contributed by atoms with Gasteiger partial charge < -0.3 is 10.1 Å². The summed E-state index contributed by atoms with van der Waals surface area (Å²) in [4.78, 5) is 0. The molecule has 0 saturated heterocycles. The Kier molecular flexibility index (Phi) is 5.70. The van der Waals surface area contributed by atoms with Gasteiger partial charge in [0.1, 0.15) is 0 Å². The third-order valence-corrected chi connectivity index (χ3v) is 5.12. The summed E-state index contributed by atoms with van der Waals surface area (Å²) in [6, 6.07) is 0.561. The van der Waals surface area contributed by atoms with Crippen LogP contribution in [0.1, 0.15) is 72.1 Å². The van der Waals surface area contributed by atoms with Gasteiger partial charge in [-0.1, -0.05) is 33.6 Å². The van der Waals surface area contributed by atoms with Crippen LogP contribution in [0, 0.1) is 11.8 Å².